The van der Waals surface area contributed by atoms with Crippen molar-refractivity contribution in [2.45, 2.75) is 20.5 Å². The number of benzene rings is 3. The SMILES string of the molecule is CC(C)COc1ccccc1NCC(=O)Nc1ccccc1OCc1ccccc1. The van der Waals surface area contributed by atoms with Gasteiger partial charge in [0.1, 0.15) is 18.1 Å². The smallest absolute Gasteiger partial charge is 0.243 e. The van der Waals surface area contributed by atoms with Gasteiger partial charge in [0, 0.05) is 0 Å². The Bertz CT molecular complexity index is 942. The molecular formula is C25H28N2O3. The highest BCUT2D eigenvalue weighted by molar-refractivity contribution is 5.95. The number of anilines is 2. The molecule has 0 heterocycles. The molecule has 0 bridgehead atoms. The molecule has 0 aliphatic rings. The standard InChI is InChI=1S/C25H28N2O3/c1-19(2)17-29-23-14-8-6-12-21(23)26-16-25(28)27-22-13-7-9-15-24(22)30-18-20-10-4-3-5-11-20/h3-15,19,26H,16-18H2,1-2H3,(H,27,28). The quantitative estimate of drug-likeness (QED) is 0.478. The van der Waals surface area contributed by atoms with Gasteiger partial charge in [-0.1, -0.05) is 68.4 Å². The van der Waals surface area contributed by atoms with E-state index in [0.29, 0.717) is 30.6 Å². The molecule has 0 aliphatic carbocycles. The highest BCUT2D eigenvalue weighted by Gasteiger charge is 2.10. The van der Waals surface area contributed by atoms with Gasteiger partial charge in [-0.05, 0) is 35.7 Å². The molecule has 0 radical (unpaired) electrons. The first-order chi connectivity index (χ1) is 14.6. The minimum atomic E-state index is -0.163. The minimum Gasteiger partial charge on any atom is -0.491 e. The van der Waals surface area contributed by atoms with Gasteiger partial charge in [-0.3, -0.25) is 4.79 Å². The molecule has 0 saturated carbocycles. The van der Waals surface area contributed by atoms with Crippen molar-refractivity contribution in [3.05, 3.63) is 84.4 Å². The molecule has 2 N–H and O–H groups in total. The lowest BCUT2D eigenvalue weighted by Crippen LogP contribution is -2.22. The third-order valence-electron chi connectivity index (χ3n) is 4.30. The van der Waals surface area contributed by atoms with Crippen molar-refractivity contribution in [2.75, 3.05) is 23.8 Å². The second-order valence-corrected chi connectivity index (χ2v) is 7.37. The van der Waals surface area contributed by atoms with Crippen LogP contribution in [0, 0.1) is 5.92 Å². The Kier molecular flexibility index (Phi) is 7.72. The number of hydrogen-bond acceptors (Lipinski definition) is 4. The maximum Gasteiger partial charge on any atom is 0.243 e. The molecule has 0 saturated heterocycles. The largest absolute Gasteiger partial charge is 0.491 e. The third-order valence-corrected chi connectivity index (χ3v) is 4.30. The molecule has 5 nitrogen and oxygen atoms in total. The lowest BCUT2D eigenvalue weighted by molar-refractivity contribution is -0.114. The van der Waals surface area contributed by atoms with E-state index < -0.39 is 0 Å². The Morgan fingerprint density at radius 1 is 0.800 bits per heavy atom. The van der Waals surface area contributed by atoms with Crippen molar-refractivity contribution in [1.29, 1.82) is 0 Å². The van der Waals surface area contributed by atoms with Crippen molar-refractivity contribution >= 4 is 17.3 Å². The van der Waals surface area contributed by atoms with E-state index in [2.05, 4.69) is 24.5 Å². The van der Waals surface area contributed by atoms with E-state index in [1.165, 1.54) is 0 Å². The van der Waals surface area contributed by atoms with Gasteiger partial charge in [0.05, 0.1) is 24.5 Å². The number of ether oxygens (including phenoxy) is 2. The molecule has 5 heteroatoms. The van der Waals surface area contributed by atoms with Gasteiger partial charge in [-0.2, -0.15) is 0 Å². The number of carbonyl (C=O) groups excluding carboxylic acids is 1. The number of rotatable bonds is 10. The van der Waals surface area contributed by atoms with Crippen LogP contribution in [-0.4, -0.2) is 19.1 Å². The van der Waals surface area contributed by atoms with Crippen LogP contribution < -0.4 is 20.1 Å². The molecule has 0 spiro atoms. The highest BCUT2D eigenvalue weighted by atomic mass is 16.5. The fourth-order valence-corrected chi connectivity index (χ4v) is 2.80. The van der Waals surface area contributed by atoms with Gasteiger partial charge in [0.15, 0.2) is 0 Å². The maximum absolute atomic E-state index is 12.5. The zero-order valence-electron chi connectivity index (χ0n) is 17.4. The topological polar surface area (TPSA) is 59.6 Å². The van der Waals surface area contributed by atoms with Crippen LogP contribution in [0.15, 0.2) is 78.9 Å². The summed E-state index contributed by atoms with van der Waals surface area (Å²) in [6, 6.07) is 25.0. The second-order valence-electron chi connectivity index (χ2n) is 7.37. The molecule has 0 aromatic heterocycles. The van der Waals surface area contributed by atoms with Crippen LogP contribution in [0.1, 0.15) is 19.4 Å². The summed E-state index contributed by atoms with van der Waals surface area (Å²) < 4.78 is 11.7. The molecule has 3 aromatic rings. The fraction of sp³-hybridized carbons (Fsp3) is 0.240. The summed E-state index contributed by atoms with van der Waals surface area (Å²) in [6.07, 6.45) is 0. The first-order valence-electron chi connectivity index (χ1n) is 10.1. The summed E-state index contributed by atoms with van der Waals surface area (Å²) in [5, 5.41) is 6.08. The zero-order valence-corrected chi connectivity index (χ0v) is 17.4. The minimum absolute atomic E-state index is 0.120. The summed E-state index contributed by atoms with van der Waals surface area (Å²) in [6.45, 7) is 5.38. The monoisotopic (exact) mass is 404 g/mol. The Morgan fingerprint density at radius 2 is 1.40 bits per heavy atom. The van der Waals surface area contributed by atoms with Crippen LogP contribution in [0.3, 0.4) is 0 Å². The Hall–Kier alpha value is -3.47. The maximum atomic E-state index is 12.5. The summed E-state index contributed by atoms with van der Waals surface area (Å²) in [7, 11) is 0. The Morgan fingerprint density at radius 3 is 2.10 bits per heavy atom. The average molecular weight is 405 g/mol. The first-order valence-corrected chi connectivity index (χ1v) is 10.1. The van der Waals surface area contributed by atoms with Gasteiger partial charge >= 0.3 is 0 Å². The fourth-order valence-electron chi connectivity index (χ4n) is 2.80. The van der Waals surface area contributed by atoms with Crippen LogP contribution in [0.4, 0.5) is 11.4 Å². The predicted molar refractivity (Wildman–Crippen MR) is 121 cm³/mol. The molecular weight excluding hydrogens is 376 g/mol. The summed E-state index contributed by atoms with van der Waals surface area (Å²) in [5.74, 6) is 1.64. The lowest BCUT2D eigenvalue weighted by atomic mass is 10.2. The van der Waals surface area contributed by atoms with Crippen LogP contribution in [0.25, 0.3) is 0 Å². The summed E-state index contributed by atoms with van der Waals surface area (Å²) >= 11 is 0. The van der Waals surface area contributed by atoms with Crippen LogP contribution in [-0.2, 0) is 11.4 Å². The summed E-state index contributed by atoms with van der Waals surface area (Å²) in [5.41, 5.74) is 2.50. The van der Waals surface area contributed by atoms with Crippen molar-refractivity contribution in [1.82, 2.24) is 0 Å². The molecule has 3 rings (SSSR count). The molecule has 0 atom stereocenters. The lowest BCUT2D eigenvalue weighted by Gasteiger charge is -2.15. The molecule has 0 aliphatic heterocycles. The average Bonchev–Trinajstić information content (AvgIpc) is 2.77. The van der Waals surface area contributed by atoms with E-state index in [1.807, 2.05) is 78.9 Å². The van der Waals surface area contributed by atoms with E-state index in [4.69, 9.17) is 9.47 Å². The third kappa shape index (κ3) is 6.55. The van der Waals surface area contributed by atoms with E-state index in [-0.39, 0.29) is 12.5 Å². The van der Waals surface area contributed by atoms with E-state index in [1.54, 1.807) is 0 Å². The van der Waals surface area contributed by atoms with Crippen molar-refractivity contribution in [3.8, 4) is 11.5 Å². The molecule has 156 valence electrons. The van der Waals surface area contributed by atoms with Gasteiger partial charge in [0.25, 0.3) is 0 Å². The van der Waals surface area contributed by atoms with Gasteiger partial charge in [-0.15, -0.1) is 0 Å². The van der Waals surface area contributed by atoms with Gasteiger partial charge in [-0.25, -0.2) is 0 Å². The number of para-hydroxylation sites is 4. The Balaban J connectivity index is 1.57. The number of nitrogens with one attached hydrogen (secondary N) is 2. The van der Waals surface area contributed by atoms with Gasteiger partial charge < -0.3 is 20.1 Å². The second kappa shape index (κ2) is 10.9. The molecule has 1 amide bonds. The van der Waals surface area contributed by atoms with Crippen molar-refractivity contribution < 1.29 is 14.3 Å². The number of hydrogen-bond donors (Lipinski definition) is 2. The number of carbonyl (C=O) groups is 1. The van der Waals surface area contributed by atoms with E-state index in [9.17, 15) is 4.79 Å². The van der Waals surface area contributed by atoms with Crippen molar-refractivity contribution in [2.24, 2.45) is 5.92 Å². The predicted octanol–water partition coefficient (Wildman–Crippen LogP) is 5.35. The Labute approximate surface area is 178 Å². The first kappa shape index (κ1) is 21.2. The molecule has 30 heavy (non-hydrogen) atoms. The van der Waals surface area contributed by atoms with Crippen LogP contribution >= 0.6 is 0 Å². The summed E-state index contributed by atoms with van der Waals surface area (Å²) in [4.78, 5) is 12.5. The van der Waals surface area contributed by atoms with E-state index >= 15 is 0 Å². The van der Waals surface area contributed by atoms with E-state index in [0.717, 1.165) is 17.0 Å². The molecule has 0 unspecified atom stereocenters. The zero-order chi connectivity index (χ0) is 21.2. The molecule has 0 fully saturated rings. The van der Waals surface area contributed by atoms with Crippen molar-refractivity contribution in [3.63, 3.8) is 0 Å². The highest BCUT2D eigenvalue weighted by Crippen LogP contribution is 2.26. The normalized spacial score (nSPS) is 10.5. The number of amides is 1. The van der Waals surface area contributed by atoms with Crippen LogP contribution in [0.2, 0.25) is 0 Å². The van der Waals surface area contributed by atoms with Gasteiger partial charge in [0.2, 0.25) is 5.91 Å². The van der Waals surface area contributed by atoms with Crippen LogP contribution in [0.5, 0.6) is 11.5 Å². The molecule has 3 aromatic carbocycles.